The SMILES string of the molecule is N#Cc1ccc(-c2ccc(N(Cl)C(=O)C3=C(C(=O)O)CCC3)cc2)cc1. The molecule has 0 radical (unpaired) electrons. The number of hydrogen-bond acceptors (Lipinski definition) is 3. The molecule has 0 unspecified atom stereocenters. The summed E-state index contributed by atoms with van der Waals surface area (Å²) in [6.45, 7) is 0. The predicted molar refractivity (Wildman–Crippen MR) is 98.4 cm³/mol. The van der Waals surface area contributed by atoms with Gasteiger partial charge in [0.25, 0.3) is 5.91 Å². The van der Waals surface area contributed by atoms with Gasteiger partial charge in [0.1, 0.15) is 0 Å². The van der Waals surface area contributed by atoms with Gasteiger partial charge in [0.15, 0.2) is 0 Å². The van der Waals surface area contributed by atoms with Crippen LogP contribution in [0, 0.1) is 11.3 Å². The maximum atomic E-state index is 12.5. The summed E-state index contributed by atoms with van der Waals surface area (Å²) in [5.41, 5.74) is 3.33. The Labute approximate surface area is 155 Å². The van der Waals surface area contributed by atoms with Crippen molar-refractivity contribution in [2.75, 3.05) is 4.42 Å². The number of benzene rings is 2. The number of nitriles is 1. The standard InChI is InChI=1S/C20H15ClN2O3/c21-23(19(24)17-2-1-3-18(17)20(25)26)16-10-8-15(9-11-16)14-6-4-13(12-22)5-7-14/h4-11H,1-3H2,(H,25,26). The lowest BCUT2D eigenvalue weighted by molar-refractivity contribution is -0.133. The van der Waals surface area contributed by atoms with Gasteiger partial charge in [0, 0.05) is 22.9 Å². The van der Waals surface area contributed by atoms with E-state index in [1.807, 2.05) is 24.3 Å². The molecule has 0 heterocycles. The quantitative estimate of drug-likeness (QED) is 0.819. The number of nitrogens with zero attached hydrogens (tertiary/aromatic N) is 2. The van der Waals surface area contributed by atoms with Crippen LogP contribution in [0.15, 0.2) is 59.7 Å². The van der Waals surface area contributed by atoms with Crippen LogP contribution in [0.5, 0.6) is 0 Å². The van der Waals surface area contributed by atoms with E-state index in [0.717, 1.165) is 15.5 Å². The van der Waals surface area contributed by atoms with E-state index in [4.69, 9.17) is 17.0 Å². The summed E-state index contributed by atoms with van der Waals surface area (Å²) in [6.07, 6.45) is 1.46. The zero-order valence-corrected chi connectivity index (χ0v) is 14.5. The molecule has 1 aliphatic rings. The molecule has 5 nitrogen and oxygen atoms in total. The number of carbonyl (C=O) groups is 2. The first-order chi connectivity index (χ1) is 12.5. The second-order valence-electron chi connectivity index (χ2n) is 5.94. The van der Waals surface area contributed by atoms with Crippen LogP contribution in [0.2, 0.25) is 0 Å². The van der Waals surface area contributed by atoms with Crippen molar-refractivity contribution in [2.24, 2.45) is 0 Å². The highest BCUT2D eigenvalue weighted by Gasteiger charge is 2.28. The van der Waals surface area contributed by atoms with E-state index < -0.39 is 11.9 Å². The Kier molecular flexibility index (Phi) is 5.06. The van der Waals surface area contributed by atoms with E-state index in [1.165, 1.54) is 0 Å². The first-order valence-electron chi connectivity index (χ1n) is 8.07. The van der Waals surface area contributed by atoms with Crippen molar-refractivity contribution < 1.29 is 14.7 Å². The molecule has 0 bridgehead atoms. The molecule has 2 aromatic carbocycles. The van der Waals surface area contributed by atoms with Gasteiger partial charge in [-0.15, -0.1) is 0 Å². The molecule has 0 saturated heterocycles. The molecule has 0 fully saturated rings. The summed E-state index contributed by atoms with van der Waals surface area (Å²) in [5, 5.41) is 18.0. The Balaban J connectivity index is 1.81. The van der Waals surface area contributed by atoms with Crippen molar-refractivity contribution in [3.8, 4) is 17.2 Å². The fraction of sp³-hybridized carbons (Fsp3) is 0.150. The largest absolute Gasteiger partial charge is 0.478 e. The van der Waals surface area contributed by atoms with Crippen molar-refractivity contribution in [1.82, 2.24) is 0 Å². The van der Waals surface area contributed by atoms with Crippen LogP contribution in [-0.4, -0.2) is 17.0 Å². The molecule has 0 aromatic heterocycles. The number of carbonyl (C=O) groups excluding carboxylic acids is 1. The van der Waals surface area contributed by atoms with E-state index in [0.29, 0.717) is 30.5 Å². The maximum absolute atomic E-state index is 12.5. The first kappa shape index (κ1) is 17.7. The Morgan fingerprint density at radius 3 is 2.04 bits per heavy atom. The maximum Gasteiger partial charge on any atom is 0.332 e. The molecule has 2 aromatic rings. The van der Waals surface area contributed by atoms with Crippen LogP contribution >= 0.6 is 11.8 Å². The molecular weight excluding hydrogens is 352 g/mol. The summed E-state index contributed by atoms with van der Waals surface area (Å²) in [4.78, 5) is 23.8. The van der Waals surface area contributed by atoms with Gasteiger partial charge in [0.05, 0.1) is 17.3 Å². The summed E-state index contributed by atoms with van der Waals surface area (Å²) < 4.78 is 0.964. The fourth-order valence-electron chi connectivity index (χ4n) is 2.97. The van der Waals surface area contributed by atoms with E-state index >= 15 is 0 Å². The molecule has 0 aliphatic heterocycles. The Morgan fingerprint density at radius 2 is 1.50 bits per heavy atom. The first-order valence-corrected chi connectivity index (χ1v) is 8.41. The molecule has 0 spiro atoms. The highest BCUT2D eigenvalue weighted by molar-refractivity contribution is 6.39. The molecule has 1 aliphatic carbocycles. The topological polar surface area (TPSA) is 81.4 Å². The third kappa shape index (κ3) is 3.46. The van der Waals surface area contributed by atoms with Gasteiger partial charge in [-0.1, -0.05) is 24.3 Å². The molecule has 6 heteroatoms. The summed E-state index contributed by atoms with van der Waals surface area (Å²) in [7, 11) is 0. The normalized spacial score (nSPS) is 13.4. The van der Waals surface area contributed by atoms with Gasteiger partial charge in [-0.25, -0.2) is 9.21 Å². The smallest absolute Gasteiger partial charge is 0.332 e. The molecule has 0 saturated carbocycles. The van der Waals surface area contributed by atoms with E-state index in [1.54, 1.807) is 24.3 Å². The summed E-state index contributed by atoms with van der Waals surface area (Å²) in [5.74, 6) is -1.56. The molecule has 1 amide bonds. The number of carboxylic acids is 1. The Bertz CT molecular complexity index is 925. The monoisotopic (exact) mass is 366 g/mol. The van der Waals surface area contributed by atoms with E-state index in [-0.39, 0.29) is 11.1 Å². The number of anilines is 1. The lowest BCUT2D eigenvalue weighted by Crippen LogP contribution is -2.23. The number of aliphatic carboxylic acids is 1. The Hall–Kier alpha value is -3.10. The fourth-order valence-corrected chi connectivity index (χ4v) is 3.19. The van der Waals surface area contributed by atoms with Gasteiger partial charge in [0.2, 0.25) is 0 Å². The third-order valence-corrected chi connectivity index (χ3v) is 4.70. The summed E-state index contributed by atoms with van der Waals surface area (Å²) >= 11 is 6.17. The highest BCUT2D eigenvalue weighted by Crippen LogP contribution is 2.31. The van der Waals surface area contributed by atoms with Crippen LogP contribution in [0.25, 0.3) is 11.1 Å². The minimum Gasteiger partial charge on any atom is -0.478 e. The predicted octanol–water partition coefficient (Wildman–Crippen LogP) is 4.28. The van der Waals surface area contributed by atoms with E-state index in [2.05, 4.69) is 6.07 Å². The second-order valence-corrected chi connectivity index (χ2v) is 6.28. The van der Waals surface area contributed by atoms with Gasteiger partial charge in [-0.2, -0.15) is 5.26 Å². The minimum absolute atomic E-state index is 0.148. The van der Waals surface area contributed by atoms with Gasteiger partial charge < -0.3 is 5.11 Å². The van der Waals surface area contributed by atoms with Crippen molar-refractivity contribution in [1.29, 1.82) is 5.26 Å². The third-order valence-electron chi connectivity index (χ3n) is 4.35. The molecule has 1 N–H and O–H groups in total. The van der Waals surface area contributed by atoms with Gasteiger partial charge >= 0.3 is 5.97 Å². The minimum atomic E-state index is -1.06. The molecular formula is C20H15ClN2O3. The zero-order chi connectivity index (χ0) is 18.7. The molecule has 130 valence electrons. The number of rotatable bonds is 4. The van der Waals surface area contributed by atoms with Crippen molar-refractivity contribution in [2.45, 2.75) is 19.3 Å². The van der Waals surface area contributed by atoms with Crippen molar-refractivity contribution in [3.05, 3.63) is 65.2 Å². The lowest BCUT2D eigenvalue weighted by atomic mass is 10.0. The van der Waals surface area contributed by atoms with Crippen LogP contribution in [0.1, 0.15) is 24.8 Å². The number of halogens is 1. The van der Waals surface area contributed by atoms with Crippen LogP contribution < -0.4 is 4.42 Å². The number of amides is 1. The van der Waals surface area contributed by atoms with Crippen LogP contribution in [-0.2, 0) is 9.59 Å². The molecule has 3 rings (SSSR count). The Morgan fingerprint density at radius 1 is 0.962 bits per heavy atom. The zero-order valence-electron chi connectivity index (χ0n) is 13.8. The number of hydrogen-bond donors (Lipinski definition) is 1. The number of carboxylic acid groups (broad SMARTS) is 1. The highest BCUT2D eigenvalue weighted by atomic mass is 35.5. The average molecular weight is 367 g/mol. The van der Waals surface area contributed by atoms with Crippen molar-refractivity contribution >= 4 is 29.3 Å². The molecule has 26 heavy (non-hydrogen) atoms. The van der Waals surface area contributed by atoms with Gasteiger partial charge in [-0.05, 0) is 54.7 Å². The van der Waals surface area contributed by atoms with E-state index in [9.17, 15) is 14.7 Å². The van der Waals surface area contributed by atoms with Crippen molar-refractivity contribution in [3.63, 3.8) is 0 Å². The lowest BCUT2D eigenvalue weighted by Gasteiger charge is -2.16. The second kappa shape index (κ2) is 7.42. The van der Waals surface area contributed by atoms with Crippen LogP contribution in [0.3, 0.4) is 0 Å². The van der Waals surface area contributed by atoms with Gasteiger partial charge in [-0.3, -0.25) is 4.79 Å². The van der Waals surface area contributed by atoms with Crippen LogP contribution in [0.4, 0.5) is 5.69 Å². The summed E-state index contributed by atoms with van der Waals surface area (Å²) in [6, 6.07) is 16.3. The average Bonchev–Trinajstić information content (AvgIpc) is 3.17. The molecule has 0 atom stereocenters.